The molecular weight excluding hydrogens is 398 g/mol. The van der Waals surface area contributed by atoms with Gasteiger partial charge in [0.1, 0.15) is 10.6 Å². The predicted molar refractivity (Wildman–Crippen MR) is 119 cm³/mol. The average Bonchev–Trinajstić information content (AvgIpc) is 3.14. The van der Waals surface area contributed by atoms with Crippen LogP contribution in [-0.2, 0) is 11.3 Å². The maximum Gasteiger partial charge on any atom is 0.266 e. The van der Waals surface area contributed by atoms with E-state index in [2.05, 4.69) is 21.3 Å². The monoisotopic (exact) mass is 423 g/mol. The van der Waals surface area contributed by atoms with Crippen LogP contribution >= 0.6 is 11.3 Å². The molecule has 0 spiro atoms. The zero-order valence-electron chi connectivity index (χ0n) is 17.2. The maximum absolute atomic E-state index is 13.2. The van der Waals surface area contributed by atoms with Gasteiger partial charge in [-0.15, -0.1) is 11.3 Å². The number of thiophene rings is 1. The summed E-state index contributed by atoms with van der Waals surface area (Å²) < 4.78 is 0. The molecule has 1 N–H and O–H groups in total. The van der Waals surface area contributed by atoms with Crippen molar-refractivity contribution in [3.63, 3.8) is 0 Å². The maximum atomic E-state index is 13.2. The van der Waals surface area contributed by atoms with Crippen LogP contribution in [-0.4, -0.2) is 48.1 Å². The molecule has 0 aliphatic carbocycles. The summed E-state index contributed by atoms with van der Waals surface area (Å²) in [5.74, 6) is -0.410. The minimum Gasteiger partial charge on any atom is -0.363 e. The molecule has 156 valence electrons. The molecule has 0 saturated carbocycles. The number of piperidine rings is 1. The standard InChI is InChI=1S/C22H25N5O2S/c1-16(28)25-19-14-30-21(20(19)24-15-27-10-6-3-7-11-27)22(29)26(2)13-18-9-5-4-8-17(18)12-23/h4-5,8-9,14-15H,3,6-7,10-11,13H2,1-2H3,(H,25,28). The Kier molecular flexibility index (Phi) is 7.20. The smallest absolute Gasteiger partial charge is 0.266 e. The van der Waals surface area contributed by atoms with Crippen molar-refractivity contribution in [2.24, 2.45) is 4.99 Å². The van der Waals surface area contributed by atoms with Crippen molar-refractivity contribution in [3.05, 3.63) is 45.6 Å². The molecule has 1 aliphatic heterocycles. The highest BCUT2D eigenvalue weighted by Gasteiger charge is 2.22. The number of hydrogen-bond donors (Lipinski definition) is 1. The van der Waals surface area contributed by atoms with Gasteiger partial charge in [0.2, 0.25) is 5.91 Å². The normalized spacial score (nSPS) is 13.8. The first-order valence-electron chi connectivity index (χ1n) is 9.90. The van der Waals surface area contributed by atoms with Crippen LogP contribution in [0.2, 0.25) is 0 Å². The first-order valence-corrected chi connectivity index (χ1v) is 10.8. The van der Waals surface area contributed by atoms with E-state index in [-0.39, 0.29) is 11.8 Å². The minimum atomic E-state index is -0.211. The Labute approximate surface area is 180 Å². The number of aliphatic imine (C=N–C) groups is 1. The number of nitriles is 1. The Bertz CT molecular complexity index is 986. The molecule has 1 aliphatic rings. The average molecular weight is 424 g/mol. The van der Waals surface area contributed by atoms with Gasteiger partial charge < -0.3 is 15.1 Å². The number of carbonyl (C=O) groups excluding carboxylic acids is 2. The van der Waals surface area contributed by atoms with Gasteiger partial charge in [0.15, 0.2) is 0 Å². The molecule has 0 radical (unpaired) electrons. The zero-order chi connectivity index (χ0) is 21.5. The van der Waals surface area contributed by atoms with E-state index in [1.165, 1.54) is 24.7 Å². The van der Waals surface area contributed by atoms with Crippen LogP contribution in [0.25, 0.3) is 0 Å². The van der Waals surface area contributed by atoms with Gasteiger partial charge in [0.25, 0.3) is 5.91 Å². The van der Waals surface area contributed by atoms with E-state index in [1.807, 2.05) is 12.1 Å². The second-order valence-corrected chi connectivity index (χ2v) is 8.16. The van der Waals surface area contributed by atoms with Crippen molar-refractivity contribution in [2.75, 3.05) is 25.5 Å². The van der Waals surface area contributed by atoms with Gasteiger partial charge in [-0.25, -0.2) is 4.99 Å². The molecular formula is C22H25N5O2S. The quantitative estimate of drug-likeness (QED) is 0.562. The fraction of sp³-hybridized carbons (Fsp3) is 0.364. The third kappa shape index (κ3) is 5.24. The summed E-state index contributed by atoms with van der Waals surface area (Å²) in [4.78, 5) is 33.5. The summed E-state index contributed by atoms with van der Waals surface area (Å²) in [6.45, 7) is 3.63. The number of benzene rings is 1. The van der Waals surface area contributed by atoms with Gasteiger partial charge in [-0.1, -0.05) is 18.2 Å². The number of hydrogen-bond acceptors (Lipinski definition) is 5. The number of nitrogens with zero attached hydrogens (tertiary/aromatic N) is 4. The molecule has 2 heterocycles. The number of carbonyl (C=O) groups is 2. The Morgan fingerprint density at radius 2 is 2.03 bits per heavy atom. The molecule has 1 aromatic carbocycles. The molecule has 2 amide bonds. The summed E-state index contributed by atoms with van der Waals surface area (Å²) >= 11 is 1.26. The zero-order valence-corrected chi connectivity index (χ0v) is 18.0. The Balaban J connectivity index is 1.85. The largest absolute Gasteiger partial charge is 0.363 e. The van der Waals surface area contributed by atoms with Crippen molar-refractivity contribution in [3.8, 4) is 6.07 Å². The molecule has 1 saturated heterocycles. The van der Waals surface area contributed by atoms with Crippen LogP contribution < -0.4 is 5.32 Å². The third-order valence-corrected chi connectivity index (χ3v) is 5.86. The van der Waals surface area contributed by atoms with Gasteiger partial charge in [0, 0.05) is 39.0 Å². The van der Waals surface area contributed by atoms with Crippen LogP contribution in [0.3, 0.4) is 0 Å². The predicted octanol–water partition coefficient (Wildman–Crippen LogP) is 4.00. The van der Waals surface area contributed by atoms with Crippen molar-refractivity contribution in [2.45, 2.75) is 32.7 Å². The number of likely N-dealkylation sites (tertiary alicyclic amines) is 1. The summed E-state index contributed by atoms with van der Waals surface area (Å²) in [5, 5.41) is 13.8. The lowest BCUT2D eigenvalue weighted by atomic mass is 10.1. The van der Waals surface area contributed by atoms with E-state index in [0.29, 0.717) is 28.4 Å². The number of anilines is 1. The lowest BCUT2D eigenvalue weighted by Crippen LogP contribution is -2.28. The number of amides is 2. The third-order valence-electron chi connectivity index (χ3n) is 4.90. The van der Waals surface area contributed by atoms with Gasteiger partial charge >= 0.3 is 0 Å². The van der Waals surface area contributed by atoms with Crippen LogP contribution in [0.1, 0.15) is 47.0 Å². The van der Waals surface area contributed by atoms with Crippen LogP contribution in [0.4, 0.5) is 11.4 Å². The highest BCUT2D eigenvalue weighted by molar-refractivity contribution is 7.13. The fourth-order valence-corrected chi connectivity index (χ4v) is 4.29. The first-order chi connectivity index (χ1) is 14.5. The summed E-state index contributed by atoms with van der Waals surface area (Å²) in [7, 11) is 1.70. The second-order valence-electron chi connectivity index (χ2n) is 7.28. The molecule has 7 nitrogen and oxygen atoms in total. The van der Waals surface area contributed by atoms with Gasteiger partial charge in [-0.05, 0) is 30.9 Å². The van der Waals surface area contributed by atoms with Crippen molar-refractivity contribution >= 4 is 40.9 Å². The molecule has 1 aromatic heterocycles. The van der Waals surface area contributed by atoms with E-state index in [0.717, 1.165) is 31.5 Å². The van der Waals surface area contributed by atoms with Gasteiger partial charge in [-0.3, -0.25) is 9.59 Å². The van der Waals surface area contributed by atoms with Crippen molar-refractivity contribution in [1.82, 2.24) is 9.80 Å². The van der Waals surface area contributed by atoms with Crippen molar-refractivity contribution in [1.29, 1.82) is 5.26 Å². The van der Waals surface area contributed by atoms with Crippen LogP contribution in [0.15, 0.2) is 34.6 Å². The number of rotatable bonds is 6. The Morgan fingerprint density at radius 3 is 2.73 bits per heavy atom. The molecule has 30 heavy (non-hydrogen) atoms. The lowest BCUT2D eigenvalue weighted by Gasteiger charge is -2.24. The van der Waals surface area contributed by atoms with Crippen LogP contribution in [0.5, 0.6) is 0 Å². The second kappa shape index (κ2) is 10.0. The molecule has 0 unspecified atom stereocenters. The van der Waals surface area contributed by atoms with Crippen molar-refractivity contribution < 1.29 is 9.59 Å². The molecule has 2 aromatic rings. The summed E-state index contributed by atoms with van der Waals surface area (Å²) in [6, 6.07) is 9.39. The topological polar surface area (TPSA) is 88.8 Å². The minimum absolute atomic E-state index is 0.199. The lowest BCUT2D eigenvalue weighted by molar-refractivity contribution is -0.114. The van der Waals surface area contributed by atoms with E-state index >= 15 is 0 Å². The van der Waals surface area contributed by atoms with Gasteiger partial charge in [-0.2, -0.15) is 5.26 Å². The highest BCUT2D eigenvalue weighted by atomic mass is 32.1. The Morgan fingerprint density at radius 1 is 1.30 bits per heavy atom. The van der Waals surface area contributed by atoms with E-state index in [4.69, 9.17) is 0 Å². The molecule has 0 atom stereocenters. The first kappa shape index (κ1) is 21.5. The van der Waals surface area contributed by atoms with Gasteiger partial charge in [0.05, 0.1) is 23.7 Å². The highest BCUT2D eigenvalue weighted by Crippen LogP contribution is 2.36. The van der Waals surface area contributed by atoms with E-state index < -0.39 is 0 Å². The summed E-state index contributed by atoms with van der Waals surface area (Å²) in [5.41, 5.74) is 2.35. The molecule has 1 fully saturated rings. The fourth-order valence-electron chi connectivity index (χ4n) is 3.35. The SMILES string of the molecule is CC(=O)Nc1csc(C(=O)N(C)Cc2ccccc2C#N)c1N=CN1CCCCC1. The van der Waals surface area contributed by atoms with Crippen LogP contribution in [0, 0.1) is 11.3 Å². The van der Waals surface area contributed by atoms with E-state index in [1.54, 1.807) is 35.8 Å². The molecule has 0 bridgehead atoms. The van der Waals surface area contributed by atoms with E-state index in [9.17, 15) is 14.9 Å². The molecule has 8 heteroatoms. The number of nitrogens with one attached hydrogen (secondary N) is 1. The molecule has 3 rings (SSSR count). The Hall–Kier alpha value is -3.18. The summed E-state index contributed by atoms with van der Waals surface area (Å²) in [6.07, 6.45) is 5.25.